The molecule has 0 aliphatic carbocycles. The molecule has 0 aliphatic heterocycles. The summed E-state index contributed by atoms with van der Waals surface area (Å²) in [6.07, 6.45) is 0. The van der Waals surface area contributed by atoms with E-state index in [1.165, 1.54) is 88.1 Å². The summed E-state index contributed by atoms with van der Waals surface area (Å²) in [5, 5.41) is 87.7. The van der Waals surface area contributed by atoms with Gasteiger partial charge < -0.3 is 60.1 Å². The zero-order valence-electron chi connectivity index (χ0n) is 48.3. The fraction of sp³-hybridized carbons (Fsp3) is 0.145. The van der Waals surface area contributed by atoms with E-state index in [2.05, 4.69) is 11.2 Å². The van der Waals surface area contributed by atoms with Crippen LogP contribution >= 0.6 is 58.9 Å². The predicted octanol–water partition coefficient (Wildman–Crippen LogP) is 16.2. The molecule has 0 unspecified atom stereocenters. The van der Waals surface area contributed by atoms with Crippen molar-refractivity contribution in [1.29, 1.82) is 0 Å². The number of nitro benzene ring substituents is 3. The van der Waals surface area contributed by atoms with Gasteiger partial charge in [-0.2, -0.15) is 0 Å². The minimum atomic E-state index is -1.92. The van der Waals surface area contributed by atoms with Gasteiger partial charge in [-0.1, -0.05) is 35.8 Å². The van der Waals surface area contributed by atoms with Crippen LogP contribution < -0.4 is 29.4 Å². The van der Waals surface area contributed by atoms with Gasteiger partial charge in [0.1, 0.15) is 74.9 Å². The second-order valence-corrected chi connectivity index (χ2v) is 29.6. The number of non-ortho nitro benzene ring substituents is 3. The quantitative estimate of drug-likeness (QED) is 0.00898. The summed E-state index contributed by atoms with van der Waals surface area (Å²) in [5.74, 6) is -0.967. The number of nitro groups is 3. The first-order valence-electron chi connectivity index (χ1n) is 24.8. The number of carbonyl (C=O) groups is 4. The van der Waals surface area contributed by atoms with E-state index in [1.54, 1.807) is 32.4 Å². The average molecular weight is 1550 g/mol. The Morgan fingerprint density at radius 3 is 1.12 bits per heavy atom. The van der Waals surface area contributed by atoms with Crippen LogP contribution in [0.3, 0.4) is 0 Å². The van der Waals surface area contributed by atoms with Gasteiger partial charge in [-0.25, -0.2) is 4.42 Å². The van der Waals surface area contributed by atoms with Gasteiger partial charge in [0.25, 0.3) is 29.1 Å². The third-order valence-corrected chi connectivity index (χ3v) is 11.5. The number of phenols is 6. The van der Waals surface area contributed by atoms with Crippen molar-refractivity contribution in [2.45, 2.75) is 29.7 Å². The Bertz CT molecular complexity index is 3860. The number of methoxy groups -OCH3 is 5. The fourth-order valence-electron chi connectivity index (χ4n) is 7.03. The average Bonchev–Trinajstić information content (AvgIpc) is 0.915. The molecule has 0 atom stereocenters. The number of anilines is 1. The van der Waals surface area contributed by atoms with E-state index >= 15 is 0 Å². The minimum absolute atomic E-state index is 0. The number of ether oxygens (including phenoxy) is 5. The predicted molar refractivity (Wildman–Crippen MR) is 362 cm³/mol. The Labute approximate surface area is 590 Å². The Hall–Kier alpha value is -9.01. The van der Waals surface area contributed by atoms with E-state index in [0.29, 0.717) is 22.7 Å². The van der Waals surface area contributed by atoms with Crippen LogP contribution in [0.1, 0.15) is 87.8 Å². The Kier molecular flexibility index (Phi) is 43.8. The second-order valence-electron chi connectivity index (χ2n) is 16.9. The van der Waals surface area contributed by atoms with Crippen LogP contribution in [0.2, 0.25) is 0 Å². The summed E-state index contributed by atoms with van der Waals surface area (Å²) in [5.41, 5.74) is 5.37. The number of rotatable bonds is 16. The number of ketones is 3. The van der Waals surface area contributed by atoms with E-state index in [0.717, 1.165) is 54.0 Å². The summed E-state index contributed by atoms with van der Waals surface area (Å²) in [7, 11) is 32.4. The van der Waals surface area contributed by atoms with Crippen LogP contribution in [-0.2, 0) is 34.3 Å². The molecule has 0 bridgehead atoms. The van der Waals surface area contributed by atoms with Crippen LogP contribution in [0.15, 0.2) is 152 Å². The molecular formula is C62H66Cl6N4O22TiZn+. The van der Waals surface area contributed by atoms with Gasteiger partial charge in [0.15, 0.2) is 17.3 Å². The van der Waals surface area contributed by atoms with Gasteiger partial charge in [0, 0.05) is 54.2 Å². The molecule has 8 rings (SSSR count). The van der Waals surface area contributed by atoms with Gasteiger partial charge in [-0.3, -0.25) is 49.5 Å². The van der Waals surface area contributed by atoms with Crippen molar-refractivity contribution < 1.29 is 123 Å². The molecule has 8 aromatic carbocycles. The fourth-order valence-corrected chi connectivity index (χ4v) is 7.18. The van der Waals surface area contributed by atoms with Crippen LogP contribution in [0.4, 0.5) is 22.7 Å². The summed E-state index contributed by atoms with van der Waals surface area (Å²) in [6.45, 7) is 3.07. The van der Waals surface area contributed by atoms with Gasteiger partial charge in [0.2, 0.25) is 0 Å². The third-order valence-electron chi connectivity index (χ3n) is 11.3. The van der Waals surface area contributed by atoms with Crippen molar-refractivity contribution in [3.63, 3.8) is 0 Å². The number of halogens is 6. The maximum absolute atomic E-state index is 12.7. The number of benzene rings is 8. The Morgan fingerprint density at radius 1 is 0.458 bits per heavy atom. The molecule has 513 valence electrons. The summed E-state index contributed by atoms with van der Waals surface area (Å²) >= 11 is 2.36. The molecule has 0 saturated heterocycles. The van der Waals surface area contributed by atoms with Gasteiger partial charge in [-0.15, -0.1) is 0 Å². The monoisotopic (exact) mass is 1540 g/mol. The molecule has 0 spiro atoms. The standard InChI is InChI=1S/C16H15NO6.C13H9NO6.C13H11NO4.C8H5ClNO4.C8H10O2.4CH4.5ClH.Ti.Zn/c1-21-11-5-7-13(15(9-11)23-3)16(18)12-6-4-10(17(19)20)8-14(12)22-2;15-8-2-4-10(12(17)6-8)13(18)9-3-1-7(14(19)20)5-11(9)16;14-7-1-3-9(11(16)5-7)13(18)10-4-2-8(15)6-12(10)17;1-14-7-4-5(10(12)13)2-3-6(7)8(9)11;1-9-7-4-3-5-8(6-7)10-2;;;;;;;;;;;/h4-9H,1-3H3;1-6,15-17H;1-6,15-17H,14H2;2-4H,1H2;3-6H,1-2H3;4*1H4;5*1H;;/q;;;+1;;;;;;;;;;;+3;+2/p-5. The molecule has 96 heavy (non-hydrogen) atoms. The number of nitrogens with two attached hydrogens (primary N) is 1. The summed E-state index contributed by atoms with van der Waals surface area (Å²) < 4.78 is 29.9. The van der Waals surface area contributed by atoms with Crippen LogP contribution in [0.25, 0.3) is 0 Å². The molecule has 8 aromatic rings. The van der Waals surface area contributed by atoms with Crippen molar-refractivity contribution in [2.24, 2.45) is 0 Å². The first-order valence-corrected chi connectivity index (χ1v) is 39.4. The summed E-state index contributed by atoms with van der Waals surface area (Å²) in [4.78, 5) is 77.5. The molecule has 26 nitrogen and oxygen atoms in total. The van der Waals surface area contributed by atoms with Gasteiger partial charge in [0.05, 0.1) is 95.8 Å². The first-order chi connectivity index (χ1) is 43.5. The van der Waals surface area contributed by atoms with Crippen molar-refractivity contribution in [1.82, 2.24) is 0 Å². The molecule has 0 amide bonds. The first kappa shape index (κ1) is 91.2. The van der Waals surface area contributed by atoms with E-state index < -0.39 is 72.9 Å². The molecule has 0 heterocycles. The normalized spacial score (nSPS) is 9.16. The van der Waals surface area contributed by atoms with Crippen molar-refractivity contribution in [2.75, 3.05) is 41.3 Å². The number of aromatic hydroxyl groups is 6. The number of phenolic OH excluding ortho intramolecular Hbond substituents is 6. The van der Waals surface area contributed by atoms with Crippen LogP contribution in [0.5, 0.6) is 69.0 Å². The zero-order valence-corrected chi connectivity index (χ0v) is 57.3. The zero-order chi connectivity index (χ0) is 69.5. The molecule has 8 N–H and O–H groups in total. The topological polar surface area (TPSA) is 403 Å². The van der Waals surface area contributed by atoms with Gasteiger partial charge in [-0.05, 0) is 90.5 Å². The van der Waals surface area contributed by atoms with E-state index in [-0.39, 0.29) is 120 Å². The van der Waals surface area contributed by atoms with E-state index in [9.17, 15) is 69.9 Å². The molecule has 0 fully saturated rings. The number of hydrogen-bond donors (Lipinski definition) is 7. The molecule has 0 saturated carbocycles. The third kappa shape index (κ3) is 28.9. The Balaban J connectivity index is -0.00000111. The van der Waals surface area contributed by atoms with Crippen molar-refractivity contribution >= 4 is 111 Å². The maximum atomic E-state index is 12.7. The SMILES string of the molecule is C.C.C.C.C=[O+]c1cc([N+](=O)[O-])ccc1C(=O)Cl.COc1ccc(C(=O)c2ccc([N+](=O)[O-])cc2OC)c(OC)c1.COc1cccc(OC)c1.Nc1ccc(C(=O)c2ccc(O)cc2O)c(O)c1.O=C(c1ccc(O)cc1O)c1ccc([N+](=O)[O-])cc1O.[Cl][Ti]([Cl])[Cl].[Cl][Zn][Cl]. The number of nitrogen functional groups attached to an aromatic ring is 1. The van der Waals surface area contributed by atoms with Gasteiger partial charge >= 0.3 is 82.9 Å². The molecule has 34 heteroatoms. The molecule has 0 aliphatic rings. The summed E-state index contributed by atoms with van der Waals surface area (Å²) in [6, 6.07) is 33.7. The number of hydrogen-bond acceptors (Lipinski definition) is 22. The number of nitrogens with zero attached hydrogens (tertiary/aromatic N) is 3. The van der Waals surface area contributed by atoms with Crippen molar-refractivity contribution in [3.8, 4) is 69.0 Å². The van der Waals surface area contributed by atoms with Crippen LogP contribution in [0, 0.1) is 30.3 Å². The van der Waals surface area contributed by atoms with E-state index in [1.807, 2.05) is 24.3 Å². The van der Waals surface area contributed by atoms with E-state index in [4.69, 9.17) is 98.5 Å². The Morgan fingerprint density at radius 2 is 0.771 bits per heavy atom. The second kappa shape index (κ2) is 46.2. The molecule has 0 aromatic heterocycles. The van der Waals surface area contributed by atoms with Crippen molar-refractivity contribution in [3.05, 3.63) is 221 Å². The number of carbonyl (C=O) groups excluding carboxylic acids is 5. The van der Waals surface area contributed by atoms with Crippen LogP contribution in [-0.4, -0.2) is 110 Å². The molecular weight excluding hydrogens is 1480 g/mol. The molecule has 0 radical (unpaired) electrons.